The Bertz CT molecular complexity index is 1170. The number of carbonyl (C=O) groups is 1. The molecule has 6 nitrogen and oxygen atoms in total. The second-order valence-electron chi connectivity index (χ2n) is 7.13. The number of aromatic nitrogens is 2. The number of anilines is 1. The lowest BCUT2D eigenvalue weighted by Gasteiger charge is -2.14. The first-order valence-electron chi connectivity index (χ1n) is 9.32. The summed E-state index contributed by atoms with van der Waals surface area (Å²) in [6, 6.07) is 8.38. The molecule has 2 heterocycles. The van der Waals surface area contributed by atoms with Gasteiger partial charge in [0.05, 0.1) is 47.4 Å². The van der Waals surface area contributed by atoms with E-state index < -0.39 is 5.97 Å². The average Bonchev–Trinajstić information content (AvgIpc) is 3.56. The maximum atomic E-state index is 14.0. The monoisotopic (exact) mass is 390 g/mol. The number of halogens is 1. The predicted molar refractivity (Wildman–Crippen MR) is 106 cm³/mol. The van der Waals surface area contributed by atoms with Crippen LogP contribution in [-0.4, -0.2) is 23.0 Å². The molecule has 7 heteroatoms. The molecule has 0 aliphatic heterocycles. The smallest absolute Gasteiger partial charge is 0.339 e. The number of carbonyl (C=O) groups excluding carboxylic acids is 1. The van der Waals surface area contributed by atoms with Gasteiger partial charge in [0.25, 0.3) is 0 Å². The van der Waals surface area contributed by atoms with Gasteiger partial charge >= 0.3 is 5.97 Å². The minimum absolute atomic E-state index is 0.275. The number of nitrogens with zero attached hydrogens (tertiary/aromatic N) is 3. The molecule has 2 aromatic heterocycles. The first-order valence-corrected chi connectivity index (χ1v) is 9.32. The standard InChI is InChI=1S/C22H19FN4O2/c1-12-7-15(23)8-18-19(12)25-10-14(9-24)20(18)26-11-16-5-6-17(22(28)29-2)21(27-16)13-3-4-13/h5-8,10,13H,3-4,11H2,1-2H3,(H,25,26). The summed E-state index contributed by atoms with van der Waals surface area (Å²) in [6.45, 7) is 2.10. The van der Waals surface area contributed by atoms with Gasteiger partial charge in [0.2, 0.25) is 0 Å². The van der Waals surface area contributed by atoms with E-state index in [1.54, 1.807) is 19.1 Å². The summed E-state index contributed by atoms with van der Waals surface area (Å²) in [5, 5.41) is 13.2. The molecule has 0 saturated heterocycles. The van der Waals surface area contributed by atoms with Crippen molar-refractivity contribution < 1.29 is 13.9 Å². The summed E-state index contributed by atoms with van der Waals surface area (Å²) in [6.07, 6.45) is 3.49. The quantitative estimate of drug-likeness (QED) is 0.656. The van der Waals surface area contributed by atoms with Crippen molar-refractivity contribution in [1.29, 1.82) is 5.26 Å². The lowest BCUT2D eigenvalue weighted by molar-refractivity contribution is 0.0598. The molecule has 0 amide bonds. The van der Waals surface area contributed by atoms with Crippen LogP contribution in [0.5, 0.6) is 0 Å². The van der Waals surface area contributed by atoms with Gasteiger partial charge < -0.3 is 10.1 Å². The zero-order valence-electron chi connectivity index (χ0n) is 16.1. The van der Waals surface area contributed by atoms with Gasteiger partial charge in [0.1, 0.15) is 11.9 Å². The molecule has 1 aliphatic carbocycles. The van der Waals surface area contributed by atoms with Gasteiger partial charge in [0.15, 0.2) is 0 Å². The number of nitriles is 1. The van der Waals surface area contributed by atoms with Crippen LogP contribution < -0.4 is 5.32 Å². The molecule has 146 valence electrons. The molecule has 1 fully saturated rings. The van der Waals surface area contributed by atoms with E-state index in [0.29, 0.717) is 39.8 Å². The fourth-order valence-electron chi connectivity index (χ4n) is 3.46. The van der Waals surface area contributed by atoms with Crippen LogP contribution in [0.15, 0.2) is 30.5 Å². The van der Waals surface area contributed by atoms with Gasteiger partial charge in [-0.2, -0.15) is 5.26 Å². The van der Waals surface area contributed by atoms with Gasteiger partial charge in [-0.05, 0) is 49.6 Å². The summed E-state index contributed by atoms with van der Waals surface area (Å²) in [5.41, 5.74) is 4.15. The van der Waals surface area contributed by atoms with Crippen molar-refractivity contribution in [3.05, 3.63) is 64.4 Å². The zero-order valence-corrected chi connectivity index (χ0v) is 16.1. The number of aryl methyl sites for hydroxylation is 1. The van der Waals surface area contributed by atoms with E-state index in [2.05, 4.69) is 21.4 Å². The number of rotatable bonds is 5. The van der Waals surface area contributed by atoms with E-state index in [1.165, 1.54) is 25.4 Å². The molecule has 3 aromatic rings. The molecule has 1 aromatic carbocycles. The molecule has 1 saturated carbocycles. The van der Waals surface area contributed by atoms with Crippen molar-refractivity contribution in [3.63, 3.8) is 0 Å². The van der Waals surface area contributed by atoms with Crippen molar-refractivity contribution in [2.75, 3.05) is 12.4 Å². The van der Waals surface area contributed by atoms with Crippen LogP contribution in [0.2, 0.25) is 0 Å². The van der Waals surface area contributed by atoms with Crippen molar-refractivity contribution in [1.82, 2.24) is 9.97 Å². The van der Waals surface area contributed by atoms with Crippen molar-refractivity contribution in [2.24, 2.45) is 0 Å². The highest BCUT2D eigenvalue weighted by molar-refractivity contribution is 5.95. The first-order chi connectivity index (χ1) is 14.0. The van der Waals surface area contributed by atoms with E-state index in [-0.39, 0.29) is 11.7 Å². The van der Waals surface area contributed by atoms with Gasteiger partial charge in [-0.15, -0.1) is 0 Å². The first kappa shape index (κ1) is 18.8. The highest BCUT2D eigenvalue weighted by atomic mass is 19.1. The van der Waals surface area contributed by atoms with Crippen LogP contribution in [0.1, 0.15) is 51.6 Å². The molecule has 0 unspecified atom stereocenters. The largest absolute Gasteiger partial charge is 0.465 e. The Hall–Kier alpha value is -3.53. The number of pyridine rings is 2. The number of benzene rings is 1. The van der Waals surface area contributed by atoms with Gasteiger partial charge in [-0.25, -0.2) is 9.18 Å². The molecule has 4 rings (SSSR count). The molecule has 1 aliphatic rings. The van der Waals surface area contributed by atoms with Crippen LogP contribution in [0, 0.1) is 24.1 Å². The number of hydrogen-bond donors (Lipinski definition) is 1. The minimum atomic E-state index is -0.392. The number of ether oxygens (including phenoxy) is 1. The normalized spacial score (nSPS) is 13.2. The number of fused-ring (bicyclic) bond motifs is 1. The van der Waals surface area contributed by atoms with Gasteiger partial charge in [-0.1, -0.05) is 0 Å². The van der Waals surface area contributed by atoms with Crippen LogP contribution in [0.3, 0.4) is 0 Å². The molecule has 0 bridgehead atoms. The fraction of sp³-hybridized carbons (Fsp3) is 0.273. The Balaban J connectivity index is 1.69. The van der Waals surface area contributed by atoms with Crippen LogP contribution in [-0.2, 0) is 11.3 Å². The number of methoxy groups -OCH3 is 1. The second kappa shape index (κ2) is 7.47. The Morgan fingerprint density at radius 2 is 2.17 bits per heavy atom. The Kier molecular flexibility index (Phi) is 4.85. The highest BCUT2D eigenvalue weighted by Gasteiger charge is 2.30. The summed E-state index contributed by atoms with van der Waals surface area (Å²) < 4.78 is 18.8. The summed E-state index contributed by atoms with van der Waals surface area (Å²) in [7, 11) is 1.35. The van der Waals surface area contributed by atoms with E-state index >= 15 is 0 Å². The lowest BCUT2D eigenvalue weighted by atomic mass is 10.1. The minimum Gasteiger partial charge on any atom is -0.465 e. The van der Waals surface area contributed by atoms with Crippen LogP contribution in [0.4, 0.5) is 10.1 Å². The Morgan fingerprint density at radius 3 is 2.86 bits per heavy atom. The predicted octanol–water partition coefficient (Wildman–Crippen LogP) is 4.23. The third-order valence-electron chi connectivity index (χ3n) is 5.05. The maximum Gasteiger partial charge on any atom is 0.339 e. The molecule has 0 spiro atoms. The van der Waals surface area contributed by atoms with Crippen molar-refractivity contribution >= 4 is 22.6 Å². The molecule has 0 radical (unpaired) electrons. The molecule has 0 atom stereocenters. The van der Waals surface area contributed by atoms with E-state index in [9.17, 15) is 14.4 Å². The van der Waals surface area contributed by atoms with Gasteiger partial charge in [-0.3, -0.25) is 9.97 Å². The Labute approximate surface area is 167 Å². The van der Waals surface area contributed by atoms with E-state index in [0.717, 1.165) is 24.2 Å². The molecular formula is C22H19FN4O2. The topological polar surface area (TPSA) is 87.9 Å². The summed E-state index contributed by atoms with van der Waals surface area (Å²) in [5.74, 6) is -0.500. The van der Waals surface area contributed by atoms with Crippen molar-refractivity contribution in [2.45, 2.75) is 32.2 Å². The summed E-state index contributed by atoms with van der Waals surface area (Å²) in [4.78, 5) is 20.9. The lowest BCUT2D eigenvalue weighted by Crippen LogP contribution is -2.11. The molecule has 1 N–H and O–H groups in total. The SMILES string of the molecule is COC(=O)c1ccc(CNc2c(C#N)cnc3c(C)cc(F)cc23)nc1C1CC1. The Morgan fingerprint density at radius 1 is 1.38 bits per heavy atom. The number of nitrogens with one attached hydrogen (secondary N) is 1. The average molecular weight is 390 g/mol. The van der Waals surface area contributed by atoms with Crippen LogP contribution >= 0.6 is 0 Å². The van der Waals surface area contributed by atoms with E-state index in [4.69, 9.17) is 4.74 Å². The van der Waals surface area contributed by atoms with Crippen molar-refractivity contribution in [3.8, 4) is 6.07 Å². The third-order valence-corrected chi connectivity index (χ3v) is 5.05. The molecule has 29 heavy (non-hydrogen) atoms. The number of esters is 1. The summed E-state index contributed by atoms with van der Waals surface area (Å²) >= 11 is 0. The number of hydrogen-bond acceptors (Lipinski definition) is 6. The second-order valence-corrected chi connectivity index (χ2v) is 7.13. The van der Waals surface area contributed by atoms with Gasteiger partial charge in [0, 0.05) is 17.5 Å². The fourth-order valence-corrected chi connectivity index (χ4v) is 3.46. The maximum absolute atomic E-state index is 14.0. The third kappa shape index (κ3) is 3.61. The highest BCUT2D eigenvalue weighted by Crippen LogP contribution is 2.41. The molecular weight excluding hydrogens is 371 g/mol. The zero-order chi connectivity index (χ0) is 20.5. The van der Waals surface area contributed by atoms with Crippen LogP contribution in [0.25, 0.3) is 10.9 Å². The van der Waals surface area contributed by atoms with E-state index in [1.807, 2.05) is 0 Å².